The minimum Gasteiger partial charge on any atom is -0.463 e. The second-order valence-electron chi connectivity index (χ2n) is 5.75. The first-order valence-electron chi connectivity index (χ1n) is 7.99. The van der Waals surface area contributed by atoms with Gasteiger partial charge in [0.05, 0.1) is 23.7 Å². The monoisotopic (exact) mass is 352 g/mol. The van der Waals surface area contributed by atoms with Crippen molar-refractivity contribution in [1.29, 1.82) is 0 Å². The minimum absolute atomic E-state index is 0.275. The lowest BCUT2D eigenvalue weighted by atomic mass is 9.85. The maximum atomic E-state index is 12.8. The molecular formula is C19H16N2O3S. The first-order valence-corrected chi connectivity index (χ1v) is 8.40. The molecule has 2 aliphatic rings. The predicted octanol–water partition coefficient (Wildman–Crippen LogP) is 3.04. The van der Waals surface area contributed by atoms with Crippen LogP contribution in [0, 0.1) is 0 Å². The normalized spacial score (nSPS) is 18.8. The van der Waals surface area contributed by atoms with Crippen molar-refractivity contribution in [3.63, 3.8) is 0 Å². The minimum atomic E-state index is -0.422. The maximum absolute atomic E-state index is 12.8. The Kier molecular flexibility index (Phi) is 3.69. The first kappa shape index (κ1) is 15.7. The number of nitrogens with two attached hydrogens (primary N) is 1. The van der Waals surface area contributed by atoms with Gasteiger partial charge in [-0.25, -0.2) is 4.79 Å². The molecule has 1 atom stereocenters. The van der Waals surface area contributed by atoms with Crippen molar-refractivity contribution >= 4 is 34.8 Å². The van der Waals surface area contributed by atoms with E-state index in [4.69, 9.17) is 27.4 Å². The third kappa shape index (κ3) is 2.29. The highest BCUT2D eigenvalue weighted by atomic mass is 32.1. The lowest BCUT2D eigenvalue weighted by molar-refractivity contribution is -0.138. The molecule has 0 amide bonds. The predicted molar refractivity (Wildman–Crippen MR) is 98.3 cm³/mol. The Bertz CT molecular complexity index is 941. The number of hydrogen-bond donors (Lipinski definition) is 1. The molecule has 1 unspecified atom stereocenters. The van der Waals surface area contributed by atoms with Crippen LogP contribution in [0.4, 0.5) is 0 Å². The second kappa shape index (κ2) is 5.89. The number of ether oxygens (including phenoxy) is 2. The van der Waals surface area contributed by atoms with Gasteiger partial charge in [0.25, 0.3) is 0 Å². The molecule has 0 fully saturated rings. The van der Waals surface area contributed by atoms with Gasteiger partial charge < -0.3 is 19.8 Å². The van der Waals surface area contributed by atoms with Gasteiger partial charge in [-0.15, -0.1) is 0 Å². The van der Waals surface area contributed by atoms with E-state index in [1.807, 2.05) is 53.2 Å². The van der Waals surface area contributed by atoms with Crippen molar-refractivity contribution in [3.05, 3.63) is 71.1 Å². The average molecular weight is 352 g/mol. The summed E-state index contributed by atoms with van der Waals surface area (Å²) in [5, 5.41) is 0.290. The van der Waals surface area contributed by atoms with Gasteiger partial charge >= 0.3 is 5.97 Å². The topological polar surface area (TPSA) is 66.5 Å². The van der Waals surface area contributed by atoms with Crippen molar-refractivity contribution in [2.45, 2.75) is 12.8 Å². The number of fused-ring (bicyclic) bond motifs is 3. The summed E-state index contributed by atoms with van der Waals surface area (Å²) in [4.78, 5) is 12.8. The molecule has 0 aliphatic carbocycles. The van der Waals surface area contributed by atoms with Crippen molar-refractivity contribution < 1.29 is 14.3 Å². The standard InChI is InChI=1S/C19H16N2O3S/c1-2-23-18(22)14-13-12-9-6-10-21(12)17(20)15(13)19(25)24-16(14)11-7-4-3-5-8-11/h3-10,13H,2,20H2,1H3. The SMILES string of the molecule is CCOC(=O)C1=C(c2ccccc2)OC(=S)C2=C(N)n3cccc3C12. The lowest BCUT2D eigenvalue weighted by Gasteiger charge is -2.27. The van der Waals surface area contributed by atoms with Crippen molar-refractivity contribution in [3.8, 4) is 0 Å². The van der Waals surface area contributed by atoms with Gasteiger partial charge in [-0.3, -0.25) is 0 Å². The summed E-state index contributed by atoms with van der Waals surface area (Å²) in [5.41, 5.74) is 8.99. The first-order chi connectivity index (χ1) is 12.1. The van der Waals surface area contributed by atoms with E-state index >= 15 is 0 Å². The fourth-order valence-electron chi connectivity index (χ4n) is 3.35. The number of carbonyl (C=O) groups is 1. The van der Waals surface area contributed by atoms with Crippen LogP contribution in [-0.2, 0) is 14.3 Å². The molecule has 6 heteroatoms. The Morgan fingerprint density at radius 1 is 1.28 bits per heavy atom. The molecule has 0 saturated heterocycles. The summed E-state index contributed by atoms with van der Waals surface area (Å²) in [6, 6.07) is 13.2. The number of aromatic nitrogens is 1. The molecule has 0 saturated carbocycles. The van der Waals surface area contributed by atoms with Gasteiger partial charge in [0.2, 0.25) is 0 Å². The second-order valence-corrected chi connectivity index (χ2v) is 6.12. The molecule has 5 nitrogen and oxygen atoms in total. The molecule has 1 aromatic heterocycles. The van der Waals surface area contributed by atoms with Gasteiger partial charge in [0.1, 0.15) is 11.6 Å². The highest BCUT2D eigenvalue weighted by molar-refractivity contribution is 7.80. The van der Waals surface area contributed by atoms with Crippen molar-refractivity contribution in [2.24, 2.45) is 5.73 Å². The summed E-state index contributed by atoms with van der Waals surface area (Å²) >= 11 is 5.46. The Hall–Kier alpha value is -2.86. The molecule has 4 rings (SSSR count). The largest absolute Gasteiger partial charge is 0.463 e. The third-order valence-electron chi connectivity index (χ3n) is 4.38. The van der Waals surface area contributed by atoms with Gasteiger partial charge in [0.15, 0.2) is 5.05 Å². The zero-order valence-corrected chi connectivity index (χ0v) is 14.4. The lowest BCUT2D eigenvalue weighted by Crippen LogP contribution is -2.26. The zero-order chi connectivity index (χ0) is 17.6. The van der Waals surface area contributed by atoms with Gasteiger partial charge in [-0.2, -0.15) is 0 Å². The molecule has 3 heterocycles. The van der Waals surface area contributed by atoms with Crippen LogP contribution in [0.25, 0.3) is 11.6 Å². The van der Waals surface area contributed by atoms with E-state index in [-0.39, 0.29) is 17.6 Å². The van der Waals surface area contributed by atoms with E-state index < -0.39 is 5.97 Å². The number of nitrogens with zero attached hydrogens (tertiary/aromatic N) is 1. The quantitative estimate of drug-likeness (QED) is 0.679. The van der Waals surface area contributed by atoms with Crippen LogP contribution >= 0.6 is 12.2 Å². The van der Waals surface area contributed by atoms with E-state index in [0.717, 1.165) is 11.3 Å². The number of rotatable bonds is 3. The summed E-state index contributed by atoms with van der Waals surface area (Å²) < 4.78 is 13.0. The number of carbonyl (C=O) groups excluding carboxylic acids is 1. The maximum Gasteiger partial charge on any atom is 0.338 e. The number of thiocarbonyl (C=S) groups is 1. The van der Waals surface area contributed by atoms with Crippen LogP contribution in [0.15, 0.2) is 59.8 Å². The summed E-state index contributed by atoms with van der Waals surface area (Å²) in [6.45, 7) is 2.05. The number of benzene rings is 1. The van der Waals surface area contributed by atoms with Crippen LogP contribution in [0.1, 0.15) is 24.1 Å². The highest BCUT2D eigenvalue weighted by Crippen LogP contribution is 2.48. The molecule has 0 bridgehead atoms. The number of esters is 1. The average Bonchev–Trinajstić information content (AvgIpc) is 3.19. The summed E-state index contributed by atoms with van der Waals surface area (Å²) in [6.07, 6.45) is 1.85. The Labute approximate surface area is 150 Å². The van der Waals surface area contributed by atoms with Crippen molar-refractivity contribution in [2.75, 3.05) is 6.61 Å². The molecular weight excluding hydrogens is 336 g/mol. The van der Waals surface area contributed by atoms with Crippen LogP contribution in [-0.4, -0.2) is 22.2 Å². The van der Waals surface area contributed by atoms with Crippen LogP contribution in [0.5, 0.6) is 0 Å². The summed E-state index contributed by atoms with van der Waals surface area (Å²) in [7, 11) is 0. The Morgan fingerprint density at radius 3 is 2.76 bits per heavy atom. The summed E-state index contributed by atoms with van der Waals surface area (Å²) in [5.74, 6) is 0.114. The van der Waals surface area contributed by atoms with Crippen LogP contribution < -0.4 is 5.73 Å². The highest BCUT2D eigenvalue weighted by Gasteiger charge is 2.44. The molecule has 0 spiro atoms. The molecule has 2 N–H and O–H groups in total. The van der Waals surface area contributed by atoms with Gasteiger partial charge in [-0.1, -0.05) is 30.3 Å². The van der Waals surface area contributed by atoms with Gasteiger partial charge in [0, 0.05) is 17.5 Å². The molecule has 0 radical (unpaired) electrons. The van der Waals surface area contributed by atoms with Crippen LogP contribution in [0.3, 0.4) is 0 Å². The number of hydrogen-bond acceptors (Lipinski definition) is 5. The van der Waals surface area contributed by atoms with E-state index in [1.54, 1.807) is 6.92 Å². The molecule has 2 aromatic rings. The smallest absolute Gasteiger partial charge is 0.338 e. The molecule has 1 aromatic carbocycles. The Balaban J connectivity index is 1.98. The Morgan fingerprint density at radius 2 is 2.04 bits per heavy atom. The van der Waals surface area contributed by atoms with E-state index in [2.05, 4.69) is 0 Å². The molecule has 25 heavy (non-hydrogen) atoms. The van der Waals surface area contributed by atoms with E-state index in [0.29, 0.717) is 22.7 Å². The zero-order valence-electron chi connectivity index (χ0n) is 13.6. The van der Waals surface area contributed by atoms with Crippen molar-refractivity contribution in [1.82, 2.24) is 4.57 Å². The fraction of sp³-hybridized carbons (Fsp3) is 0.158. The van der Waals surface area contributed by atoms with E-state index in [9.17, 15) is 4.79 Å². The molecule has 126 valence electrons. The third-order valence-corrected chi connectivity index (χ3v) is 4.68. The van der Waals surface area contributed by atoms with Crippen LogP contribution in [0.2, 0.25) is 0 Å². The fourth-order valence-corrected chi connectivity index (χ4v) is 3.65. The molecule has 2 aliphatic heterocycles. The van der Waals surface area contributed by atoms with E-state index in [1.165, 1.54) is 0 Å². The van der Waals surface area contributed by atoms with Gasteiger partial charge in [-0.05, 0) is 31.3 Å².